The van der Waals surface area contributed by atoms with Crippen LogP contribution in [0.1, 0.15) is 20.8 Å². The monoisotopic (exact) mass is 145 g/mol. The maximum atomic E-state index is 10.3. The van der Waals surface area contributed by atoms with Crippen molar-refractivity contribution in [2.45, 2.75) is 26.4 Å². The molecule has 0 saturated carbocycles. The summed E-state index contributed by atoms with van der Waals surface area (Å²) in [5.74, 6) is -2.03. The second-order valence-electron chi connectivity index (χ2n) is 2.39. The molecule has 10 heavy (non-hydrogen) atoms. The third-order valence-corrected chi connectivity index (χ3v) is 0.890. The number of carbonyl (C=O) groups excluding carboxylic acids is 2. The Morgan fingerprint density at radius 3 is 1.90 bits per heavy atom. The van der Waals surface area contributed by atoms with Crippen LogP contribution >= 0.6 is 0 Å². The molecule has 0 aromatic rings. The number of hydrogen-bond donors (Lipinski definition) is 0. The molecule has 0 unspecified atom stereocenters. The molecule has 0 N–H and O–H groups in total. The summed E-state index contributed by atoms with van der Waals surface area (Å²) >= 11 is 0. The number of aliphatic carboxylic acids is 1. The van der Waals surface area contributed by atoms with Gasteiger partial charge in [-0.3, -0.25) is 4.79 Å². The Labute approximate surface area is 58.8 Å². The zero-order valence-electron chi connectivity index (χ0n) is 6.13. The van der Waals surface area contributed by atoms with Crippen LogP contribution < -0.4 is 5.11 Å². The average Bonchev–Trinajstić information content (AvgIpc) is 1.60. The molecular formula is C6H9O4-. The van der Waals surface area contributed by atoms with E-state index in [-0.39, 0.29) is 0 Å². The summed E-state index contributed by atoms with van der Waals surface area (Å²) < 4.78 is 4.40. The Morgan fingerprint density at radius 1 is 1.40 bits per heavy atom. The number of carboxylic acid groups (broad SMARTS) is 1. The number of carboxylic acids is 1. The molecule has 0 amide bonds. The van der Waals surface area contributed by atoms with E-state index >= 15 is 0 Å². The fraction of sp³-hybridized carbons (Fsp3) is 0.667. The average molecular weight is 145 g/mol. The van der Waals surface area contributed by atoms with Gasteiger partial charge in [-0.1, -0.05) is 0 Å². The summed E-state index contributed by atoms with van der Waals surface area (Å²) in [6, 6.07) is 0. The summed E-state index contributed by atoms with van der Waals surface area (Å²) in [6.45, 7) is 3.65. The van der Waals surface area contributed by atoms with Crippen LogP contribution in [0.5, 0.6) is 0 Å². The van der Waals surface area contributed by atoms with Crippen LogP contribution in [-0.2, 0) is 14.3 Å². The number of ether oxygens (including phenoxy) is 1. The van der Waals surface area contributed by atoms with Crippen molar-refractivity contribution in [1.29, 1.82) is 0 Å². The second-order valence-corrected chi connectivity index (χ2v) is 2.39. The zero-order valence-corrected chi connectivity index (χ0v) is 6.13. The Morgan fingerprint density at radius 2 is 1.80 bits per heavy atom. The predicted molar refractivity (Wildman–Crippen MR) is 30.9 cm³/mol. The molecule has 0 spiro atoms. The molecule has 0 aliphatic rings. The number of esters is 1. The quantitative estimate of drug-likeness (QED) is 0.471. The molecule has 0 heterocycles. The first-order valence-corrected chi connectivity index (χ1v) is 2.77. The van der Waals surface area contributed by atoms with Gasteiger partial charge < -0.3 is 14.6 Å². The van der Waals surface area contributed by atoms with E-state index < -0.39 is 17.5 Å². The normalized spacial score (nSPS) is 10.7. The minimum Gasteiger partial charge on any atom is -0.546 e. The topological polar surface area (TPSA) is 66.4 Å². The van der Waals surface area contributed by atoms with Gasteiger partial charge >= 0.3 is 5.97 Å². The molecule has 0 aliphatic carbocycles. The van der Waals surface area contributed by atoms with Gasteiger partial charge in [0.05, 0.1) is 5.97 Å². The van der Waals surface area contributed by atoms with E-state index in [4.69, 9.17) is 0 Å². The van der Waals surface area contributed by atoms with Crippen molar-refractivity contribution >= 4 is 11.9 Å². The molecule has 4 heteroatoms. The highest BCUT2D eigenvalue weighted by atomic mass is 16.6. The van der Waals surface area contributed by atoms with Crippen LogP contribution in [0.25, 0.3) is 0 Å². The van der Waals surface area contributed by atoms with Gasteiger partial charge in [-0.2, -0.15) is 0 Å². The standard InChI is InChI=1S/C6H10O4/c1-4(7)10-6(2,3)5(8)9/h1-3H3,(H,8,9)/p-1. The van der Waals surface area contributed by atoms with Crippen molar-refractivity contribution in [1.82, 2.24) is 0 Å². The van der Waals surface area contributed by atoms with E-state index in [0.717, 1.165) is 6.92 Å². The van der Waals surface area contributed by atoms with E-state index in [0.29, 0.717) is 0 Å². The molecule has 0 rings (SSSR count). The zero-order chi connectivity index (χ0) is 8.36. The Kier molecular flexibility index (Phi) is 2.40. The van der Waals surface area contributed by atoms with Crippen molar-refractivity contribution < 1.29 is 19.4 Å². The minimum absolute atomic E-state index is 0.630. The predicted octanol–water partition coefficient (Wildman–Crippen LogP) is -0.922. The van der Waals surface area contributed by atoms with Gasteiger partial charge in [0.15, 0.2) is 0 Å². The number of hydrogen-bond acceptors (Lipinski definition) is 4. The smallest absolute Gasteiger partial charge is 0.303 e. The lowest BCUT2D eigenvalue weighted by atomic mass is 10.1. The van der Waals surface area contributed by atoms with Crippen LogP contribution in [0.4, 0.5) is 0 Å². The maximum absolute atomic E-state index is 10.3. The van der Waals surface area contributed by atoms with Gasteiger partial charge in [-0.05, 0) is 13.8 Å². The van der Waals surface area contributed by atoms with Gasteiger partial charge in [-0.15, -0.1) is 0 Å². The largest absolute Gasteiger partial charge is 0.546 e. The van der Waals surface area contributed by atoms with E-state index in [2.05, 4.69) is 4.74 Å². The molecule has 0 atom stereocenters. The van der Waals surface area contributed by atoms with E-state index in [1.54, 1.807) is 0 Å². The summed E-state index contributed by atoms with van der Waals surface area (Å²) in [5, 5.41) is 10.2. The van der Waals surface area contributed by atoms with Crippen molar-refractivity contribution in [3.05, 3.63) is 0 Å². The number of rotatable bonds is 2. The fourth-order valence-corrected chi connectivity index (χ4v) is 0.401. The maximum Gasteiger partial charge on any atom is 0.303 e. The molecule has 0 bridgehead atoms. The molecule has 0 radical (unpaired) electrons. The van der Waals surface area contributed by atoms with Gasteiger partial charge in [0.1, 0.15) is 5.60 Å². The highest BCUT2D eigenvalue weighted by Gasteiger charge is 2.22. The summed E-state index contributed by atoms with van der Waals surface area (Å²) in [7, 11) is 0. The lowest BCUT2D eigenvalue weighted by Gasteiger charge is -2.24. The van der Waals surface area contributed by atoms with Gasteiger partial charge in [0, 0.05) is 6.92 Å². The molecule has 58 valence electrons. The second kappa shape index (κ2) is 2.68. The Balaban J connectivity index is 4.13. The first kappa shape index (κ1) is 8.94. The lowest BCUT2D eigenvalue weighted by molar-refractivity contribution is -0.323. The van der Waals surface area contributed by atoms with Crippen molar-refractivity contribution in [3.8, 4) is 0 Å². The van der Waals surface area contributed by atoms with E-state index in [1.807, 2.05) is 0 Å². The molecule has 0 aromatic heterocycles. The van der Waals surface area contributed by atoms with E-state index in [1.165, 1.54) is 13.8 Å². The van der Waals surface area contributed by atoms with Crippen LogP contribution in [0, 0.1) is 0 Å². The minimum atomic E-state index is -1.52. The third kappa shape index (κ3) is 2.48. The van der Waals surface area contributed by atoms with Crippen molar-refractivity contribution in [3.63, 3.8) is 0 Å². The number of carbonyl (C=O) groups is 2. The van der Waals surface area contributed by atoms with Crippen molar-refractivity contribution in [2.75, 3.05) is 0 Å². The molecule has 0 aromatic carbocycles. The molecular weight excluding hydrogens is 136 g/mol. The van der Waals surface area contributed by atoms with Crippen LogP contribution in [0.2, 0.25) is 0 Å². The van der Waals surface area contributed by atoms with E-state index in [9.17, 15) is 14.7 Å². The highest BCUT2D eigenvalue weighted by molar-refractivity contribution is 5.78. The molecule has 0 fully saturated rings. The molecule has 0 saturated heterocycles. The van der Waals surface area contributed by atoms with Gasteiger partial charge in [0.2, 0.25) is 0 Å². The fourth-order valence-electron chi connectivity index (χ4n) is 0.401. The Hall–Kier alpha value is -1.06. The molecule has 0 aliphatic heterocycles. The first-order chi connectivity index (χ1) is 4.36. The van der Waals surface area contributed by atoms with Crippen molar-refractivity contribution in [2.24, 2.45) is 0 Å². The van der Waals surface area contributed by atoms with Gasteiger partial charge in [-0.25, -0.2) is 0 Å². The summed E-state index contributed by atoms with van der Waals surface area (Å²) in [4.78, 5) is 20.4. The van der Waals surface area contributed by atoms with Crippen LogP contribution in [0.15, 0.2) is 0 Å². The third-order valence-electron chi connectivity index (χ3n) is 0.890. The highest BCUT2D eigenvalue weighted by Crippen LogP contribution is 2.06. The first-order valence-electron chi connectivity index (χ1n) is 2.77. The molecule has 4 nitrogen and oxygen atoms in total. The summed E-state index contributed by atoms with van der Waals surface area (Å²) in [6.07, 6.45) is 0. The Bertz CT molecular complexity index is 159. The summed E-state index contributed by atoms with van der Waals surface area (Å²) in [5.41, 5.74) is -1.52. The van der Waals surface area contributed by atoms with Crippen LogP contribution in [0.3, 0.4) is 0 Å². The SMILES string of the molecule is CC(=O)OC(C)(C)C(=O)[O-]. The van der Waals surface area contributed by atoms with Crippen LogP contribution in [-0.4, -0.2) is 17.5 Å². The van der Waals surface area contributed by atoms with Gasteiger partial charge in [0.25, 0.3) is 0 Å². The lowest BCUT2D eigenvalue weighted by Crippen LogP contribution is -2.46.